The molecule has 0 amide bonds. The maximum Gasteiger partial charge on any atom is 0.181 e. The second-order valence-electron chi connectivity index (χ2n) is 2.39. The van der Waals surface area contributed by atoms with Gasteiger partial charge in [-0.05, 0) is 18.2 Å². The minimum atomic E-state index is 0. The summed E-state index contributed by atoms with van der Waals surface area (Å²) in [4.78, 5) is 4.13. The molecule has 2 rings (SSSR count). The lowest BCUT2D eigenvalue weighted by Crippen LogP contribution is -1.81. The van der Waals surface area contributed by atoms with Crippen LogP contribution in [0.3, 0.4) is 0 Å². The first-order valence-corrected chi connectivity index (χ1v) is 4.31. The van der Waals surface area contributed by atoms with Crippen LogP contribution in [-0.2, 0) is 0 Å². The van der Waals surface area contributed by atoms with Gasteiger partial charge in [-0.3, -0.25) is 0 Å². The Hall–Kier alpha value is -1.33. The number of nitrogens with two attached hydrogens (primary N) is 1. The van der Waals surface area contributed by atoms with Gasteiger partial charge in [0.05, 0.1) is 17.3 Å². The Kier molecular flexibility index (Phi) is 2.69. The topological polar surface area (TPSA) is 83.1 Å². The number of nitrogen functional groups attached to an aromatic ring is 1. The number of rotatable bonds is 1. The van der Waals surface area contributed by atoms with Crippen molar-refractivity contribution >= 4 is 26.7 Å². The molecule has 0 radical (unpaired) electrons. The summed E-state index contributed by atoms with van der Waals surface area (Å²) in [5.41, 5.74) is 6.48. The highest BCUT2D eigenvalue weighted by Gasteiger charge is 2.00. The van der Waals surface area contributed by atoms with Crippen LogP contribution < -0.4 is 16.6 Å². The van der Waals surface area contributed by atoms with Gasteiger partial charge in [0.2, 0.25) is 0 Å². The average molecular weight is 197 g/mol. The van der Waals surface area contributed by atoms with E-state index in [0.29, 0.717) is 5.13 Å². The summed E-state index contributed by atoms with van der Waals surface area (Å²) < 4.78 is 6.13. The third kappa shape index (κ3) is 1.71. The van der Waals surface area contributed by atoms with Gasteiger partial charge in [0.1, 0.15) is 5.75 Å². The number of nitrogens with zero attached hydrogens (tertiary/aromatic N) is 1. The van der Waals surface area contributed by atoms with Gasteiger partial charge < -0.3 is 16.6 Å². The highest BCUT2D eigenvalue weighted by Crippen LogP contribution is 2.26. The van der Waals surface area contributed by atoms with E-state index in [1.165, 1.54) is 11.3 Å². The predicted octanol–water partition coefficient (Wildman–Crippen LogP) is 2.05. The molecular weight excluding hydrogens is 186 g/mol. The third-order valence-corrected chi connectivity index (χ3v) is 2.46. The molecule has 0 unspecified atom stereocenters. The van der Waals surface area contributed by atoms with Gasteiger partial charge in [0.25, 0.3) is 0 Å². The molecule has 0 atom stereocenters. The fraction of sp³-hybridized carbons (Fsp3) is 0.125. The van der Waals surface area contributed by atoms with Crippen molar-refractivity contribution in [1.82, 2.24) is 11.1 Å². The second kappa shape index (κ2) is 3.59. The molecule has 5 N–H and O–H groups in total. The van der Waals surface area contributed by atoms with Crippen molar-refractivity contribution in [2.45, 2.75) is 0 Å². The number of anilines is 1. The molecule has 13 heavy (non-hydrogen) atoms. The Balaban J connectivity index is 0.000000845. The molecule has 0 fully saturated rings. The van der Waals surface area contributed by atoms with Gasteiger partial charge in [-0.1, -0.05) is 11.3 Å². The van der Waals surface area contributed by atoms with Crippen molar-refractivity contribution in [3.05, 3.63) is 18.2 Å². The van der Waals surface area contributed by atoms with E-state index >= 15 is 0 Å². The normalized spacial score (nSPS) is 9.62. The molecule has 1 heterocycles. The average Bonchev–Trinajstić information content (AvgIpc) is 2.43. The number of thiazole rings is 1. The molecule has 0 aliphatic carbocycles. The number of ether oxygens (including phenoxy) is 1. The molecule has 0 aliphatic rings. The van der Waals surface area contributed by atoms with E-state index in [-0.39, 0.29) is 6.15 Å². The van der Waals surface area contributed by atoms with E-state index in [1.54, 1.807) is 7.11 Å². The van der Waals surface area contributed by atoms with Gasteiger partial charge >= 0.3 is 0 Å². The van der Waals surface area contributed by atoms with Crippen LogP contribution in [0.4, 0.5) is 5.13 Å². The molecule has 70 valence electrons. The fourth-order valence-corrected chi connectivity index (χ4v) is 1.81. The monoisotopic (exact) mass is 197 g/mol. The minimum Gasteiger partial charge on any atom is -0.497 e. The molecular formula is C8H11N3OS. The lowest BCUT2D eigenvalue weighted by atomic mass is 10.3. The van der Waals surface area contributed by atoms with Crippen molar-refractivity contribution in [3.8, 4) is 5.75 Å². The molecule has 5 heteroatoms. The lowest BCUT2D eigenvalue weighted by molar-refractivity contribution is 0.415. The molecule has 1 aromatic heterocycles. The maximum absolute atomic E-state index is 5.55. The quantitative estimate of drug-likeness (QED) is 0.732. The summed E-state index contributed by atoms with van der Waals surface area (Å²) in [6, 6.07) is 5.71. The molecule has 0 saturated heterocycles. The molecule has 0 saturated carbocycles. The van der Waals surface area contributed by atoms with Crippen molar-refractivity contribution in [1.29, 1.82) is 0 Å². The summed E-state index contributed by atoms with van der Waals surface area (Å²) in [5, 5.41) is 0.596. The van der Waals surface area contributed by atoms with Gasteiger partial charge in [-0.15, -0.1) is 0 Å². The Labute approximate surface area is 79.9 Å². The number of hydrogen-bond donors (Lipinski definition) is 2. The van der Waals surface area contributed by atoms with Gasteiger partial charge in [0.15, 0.2) is 5.13 Å². The van der Waals surface area contributed by atoms with Crippen molar-refractivity contribution in [3.63, 3.8) is 0 Å². The van der Waals surface area contributed by atoms with E-state index in [9.17, 15) is 0 Å². The van der Waals surface area contributed by atoms with Crippen LogP contribution in [0.2, 0.25) is 0 Å². The highest BCUT2D eigenvalue weighted by molar-refractivity contribution is 7.22. The standard InChI is InChI=1S/C8H8N2OS.H3N/c1-11-5-2-3-6-7(4-5)12-8(9)10-6;/h2-4H,1H3,(H2,9,10);1H3. The van der Waals surface area contributed by atoms with Gasteiger partial charge in [-0.25, -0.2) is 4.98 Å². The van der Waals surface area contributed by atoms with Crippen LogP contribution in [0.15, 0.2) is 18.2 Å². The largest absolute Gasteiger partial charge is 0.497 e. The predicted molar refractivity (Wildman–Crippen MR) is 55.6 cm³/mol. The zero-order valence-corrected chi connectivity index (χ0v) is 8.10. The minimum absolute atomic E-state index is 0. The Morgan fingerprint density at radius 2 is 2.23 bits per heavy atom. The summed E-state index contributed by atoms with van der Waals surface area (Å²) in [6.45, 7) is 0. The number of benzene rings is 1. The summed E-state index contributed by atoms with van der Waals surface area (Å²) in [7, 11) is 1.64. The molecule has 0 bridgehead atoms. The summed E-state index contributed by atoms with van der Waals surface area (Å²) in [5.74, 6) is 0.839. The number of methoxy groups -OCH3 is 1. The zero-order valence-electron chi connectivity index (χ0n) is 7.28. The first kappa shape index (κ1) is 9.76. The van der Waals surface area contributed by atoms with Crippen LogP contribution in [0.1, 0.15) is 0 Å². The van der Waals surface area contributed by atoms with Crippen molar-refractivity contribution in [2.24, 2.45) is 0 Å². The Bertz CT molecular complexity index is 413. The maximum atomic E-state index is 5.55. The summed E-state index contributed by atoms with van der Waals surface area (Å²) in [6.07, 6.45) is 0. The van der Waals surface area contributed by atoms with Gasteiger partial charge in [0, 0.05) is 0 Å². The van der Waals surface area contributed by atoms with Crippen molar-refractivity contribution in [2.75, 3.05) is 12.8 Å². The number of fused-ring (bicyclic) bond motifs is 1. The fourth-order valence-electron chi connectivity index (χ4n) is 1.05. The lowest BCUT2D eigenvalue weighted by Gasteiger charge is -1.96. The van der Waals surface area contributed by atoms with Crippen molar-refractivity contribution < 1.29 is 4.74 Å². The molecule has 1 aromatic carbocycles. The first-order valence-electron chi connectivity index (χ1n) is 3.49. The smallest absolute Gasteiger partial charge is 0.181 e. The molecule has 0 aliphatic heterocycles. The van der Waals surface area contributed by atoms with E-state index < -0.39 is 0 Å². The van der Waals surface area contributed by atoms with Crippen LogP contribution in [0, 0.1) is 0 Å². The SMILES string of the molecule is COc1ccc2nc(N)sc2c1.N. The number of aromatic nitrogens is 1. The van der Waals surface area contributed by atoms with E-state index in [2.05, 4.69) is 4.98 Å². The number of hydrogen-bond acceptors (Lipinski definition) is 5. The van der Waals surface area contributed by atoms with E-state index in [4.69, 9.17) is 10.5 Å². The van der Waals surface area contributed by atoms with Crippen LogP contribution in [0.5, 0.6) is 5.75 Å². The highest BCUT2D eigenvalue weighted by atomic mass is 32.1. The summed E-state index contributed by atoms with van der Waals surface area (Å²) >= 11 is 1.47. The van der Waals surface area contributed by atoms with E-state index in [1.807, 2.05) is 18.2 Å². The van der Waals surface area contributed by atoms with Gasteiger partial charge in [-0.2, -0.15) is 0 Å². The van der Waals surface area contributed by atoms with E-state index in [0.717, 1.165) is 16.0 Å². The Morgan fingerprint density at radius 3 is 2.92 bits per heavy atom. The Morgan fingerprint density at radius 1 is 1.46 bits per heavy atom. The molecule has 2 aromatic rings. The third-order valence-electron chi connectivity index (χ3n) is 1.61. The zero-order chi connectivity index (χ0) is 8.55. The van der Waals surface area contributed by atoms with Crippen LogP contribution >= 0.6 is 11.3 Å². The van der Waals surface area contributed by atoms with Crippen LogP contribution in [-0.4, -0.2) is 12.1 Å². The second-order valence-corrected chi connectivity index (χ2v) is 3.45. The molecule has 4 nitrogen and oxygen atoms in total. The van der Waals surface area contributed by atoms with Crippen LogP contribution in [0.25, 0.3) is 10.2 Å². The molecule has 0 spiro atoms. The first-order chi connectivity index (χ1) is 5.79.